The van der Waals surface area contributed by atoms with Gasteiger partial charge in [-0.1, -0.05) is 37.3 Å². The van der Waals surface area contributed by atoms with E-state index in [1.807, 2.05) is 19.1 Å². The highest BCUT2D eigenvalue weighted by molar-refractivity contribution is 7.92. The van der Waals surface area contributed by atoms with Crippen LogP contribution in [0.4, 0.5) is 5.69 Å². The first-order valence-corrected chi connectivity index (χ1v) is 8.26. The summed E-state index contributed by atoms with van der Waals surface area (Å²) in [6, 6.07) is 11.0. The molecule has 22 heavy (non-hydrogen) atoms. The summed E-state index contributed by atoms with van der Waals surface area (Å²) >= 11 is 0. The molecule has 0 saturated carbocycles. The average Bonchev–Trinajstić information content (AvgIpc) is 2.47. The first kappa shape index (κ1) is 16.0. The fourth-order valence-corrected chi connectivity index (χ4v) is 3.52. The van der Waals surface area contributed by atoms with E-state index in [-0.39, 0.29) is 10.5 Å². The van der Waals surface area contributed by atoms with Crippen molar-refractivity contribution in [2.45, 2.75) is 25.2 Å². The molecular weight excluding hydrogens is 302 g/mol. The zero-order valence-electron chi connectivity index (χ0n) is 12.3. The number of sulfonamides is 1. The normalized spacial score (nSPS) is 11.2. The molecule has 2 aromatic rings. The Morgan fingerprint density at radius 3 is 2.50 bits per heavy atom. The minimum absolute atomic E-state index is 0.0693. The van der Waals surface area contributed by atoms with E-state index < -0.39 is 16.0 Å². The molecule has 0 saturated heterocycles. The van der Waals surface area contributed by atoms with Gasteiger partial charge in [0.25, 0.3) is 10.0 Å². The molecule has 5 nitrogen and oxygen atoms in total. The quantitative estimate of drug-likeness (QED) is 0.909. The van der Waals surface area contributed by atoms with Gasteiger partial charge >= 0.3 is 0 Å². The zero-order valence-corrected chi connectivity index (χ0v) is 13.1. The molecule has 0 heterocycles. The number of carboxylic acids is 1. The molecular formula is C16H16NO4S-. The first-order chi connectivity index (χ1) is 10.3. The highest BCUT2D eigenvalue weighted by atomic mass is 32.2. The maximum Gasteiger partial charge on any atom is 0.262 e. The van der Waals surface area contributed by atoms with Crippen molar-refractivity contribution in [2.75, 3.05) is 4.72 Å². The van der Waals surface area contributed by atoms with Crippen LogP contribution in [0.2, 0.25) is 0 Å². The Bertz CT molecular complexity index is 813. The molecule has 0 aliphatic carbocycles. The summed E-state index contributed by atoms with van der Waals surface area (Å²) in [5, 5.41) is 10.9. The van der Waals surface area contributed by atoms with E-state index in [1.54, 1.807) is 19.1 Å². The summed E-state index contributed by atoms with van der Waals surface area (Å²) in [4.78, 5) is 10.9. The molecule has 0 aromatic heterocycles. The van der Waals surface area contributed by atoms with Crippen molar-refractivity contribution < 1.29 is 18.3 Å². The third-order valence-electron chi connectivity index (χ3n) is 3.36. The van der Waals surface area contributed by atoms with Crippen LogP contribution in [-0.4, -0.2) is 14.4 Å². The van der Waals surface area contributed by atoms with Crippen LogP contribution in [0.3, 0.4) is 0 Å². The number of rotatable bonds is 5. The van der Waals surface area contributed by atoms with Crippen molar-refractivity contribution in [2.24, 2.45) is 0 Å². The Labute approximate surface area is 129 Å². The van der Waals surface area contributed by atoms with Crippen molar-refractivity contribution in [1.82, 2.24) is 0 Å². The van der Waals surface area contributed by atoms with Gasteiger partial charge in [0.1, 0.15) is 0 Å². The van der Waals surface area contributed by atoms with Gasteiger partial charge in [0.15, 0.2) is 0 Å². The Kier molecular flexibility index (Phi) is 4.51. The molecule has 0 spiro atoms. The third-order valence-corrected chi connectivity index (χ3v) is 4.86. The van der Waals surface area contributed by atoms with E-state index in [0.717, 1.165) is 11.6 Å². The predicted octanol–water partition coefficient (Wildman–Crippen LogP) is 1.72. The second kappa shape index (κ2) is 6.19. The van der Waals surface area contributed by atoms with Gasteiger partial charge in [-0.15, -0.1) is 0 Å². The van der Waals surface area contributed by atoms with Crippen LogP contribution in [-0.2, 0) is 16.4 Å². The number of carbonyl (C=O) groups excluding carboxylic acids is 1. The molecule has 0 aliphatic rings. The number of aromatic carboxylic acids is 1. The average molecular weight is 318 g/mol. The van der Waals surface area contributed by atoms with Crippen molar-refractivity contribution in [3.05, 3.63) is 59.2 Å². The number of hydrogen-bond donors (Lipinski definition) is 1. The number of para-hydroxylation sites is 1. The predicted molar refractivity (Wildman–Crippen MR) is 82.1 cm³/mol. The van der Waals surface area contributed by atoms with E-state index in [2.05, 4.69) is 4.72 Å². The number of nitrogens with one attached hydrogen (secondary N) is 1. The van der Waals surface area contributed by atoms with Crippen molar-refractivity contribution in [1.29, 1.82) is 0 Å². The molecule has 2 rings (SSSR count). The minimum Gasteiger partial charge on any atom is -0.545 e. The number of anilines is 1. The summed E-state index contributed by atoms with van der Waals surface area (Å²) in [6.45, 7) is 3.54. The monoisotopic (exact) mass is 318 g/mol. The number of aryl methyl sites for hydroxylation is 2. The molecule has 0 bridgehead atoms. The van der Waals surface area contributed by atoms with Crippen LogP contribution < -0.4 is 9.83 Å². The number of carbonyl (C=O) groups is 1. The highest BCUT2D eigenvalue weighted by Gasteiger charge is 2.18. The number of carboxylic acid groups (broad SMARTS) is 1. The third kappa shape index (κ3) is 3.28. The number of hydrogen-bond acceptors (Lipinski definition) is 4. The van der Waals surface area contributed by atoms with Gasteiger partial charge in [-0.05, 0) is 42.2 Å². The molecule has 116 valence electrons. The lowest BCUT2D eigenvalue weighted by Crippen LogP contribution is -2.23. The Balaban J connectivity index is 2.47. The lowest BCUT2D eigenvalue weighted by atomic mass is 10.1. The number of benzene rings is 2. The standard InChI is InChI=1S/C16H17NO4S/c1-3-12-6-4-5-7-14(12)17-22(20,21)15-10-13(16(18)19)9-8-11(15)2/h4-10,17H,3H2,1-2H3,(H,18,19)/p-1. The summed E-state index contributed by atoms with van der Waals surface area (Å²) < 4.78 is 27.6. The smallest absolute Gasteiger partial charge is 0.262 e. The highest BCUT2D eigenvalue weighted by Crippen LogP contribution is 2.23. The zero-order chi connectivity index (χ0) is 16.3. The van der Waals surface area contributed by atoms with Gasteiger partial charge in [-0.3, -0.25) is 4.72 Å². The molecule has 0 radical (unpaired) electrons. The van der Waals surface area contributed by atoms with Crippen LogP contribution in [0.1, 0.15) is 28.4 Å². The minimum atomic E-state index is -3.87. The van der Waals surface area contributed by atoms with Crippen LogP contribution in [0.15, 0.2) is 47.4 Å². The van der Waals surface area contributed by atoms with Crippen LogP contribution in [0, 0.1) is 6.92 Å². The fourth-order valence-electron chi connectivity index (χ4n) is 2.14. The molecule has 0 unspecified atom stereocenters. The lowest BCUT2D eigenvalue weighted by Gasteiger charge is -2.14. The molecule has 1 N–H and O–H groups in total. The summed E-state index contributed by atoms with van der Waals surface area (Å²) in [7, 11) is -3.87. The van der Waals surface area contributed by atoms with Gasteiger partial charge in [0, 0.05) is 0 Å². The summed E-state index contributed by atoms with van der Waals surface area (Å²) in [6.07, 6.45) is 0.677. The van der Waals surface area contributed by atoms with E-state index in [0.29, 0.717) is 17.7 Å². The topological polar surface area (TPSA) is 86.3 Å². The van der Waals surface area contributed by atoms with Gasteiger partial charge < -0.3 is 9.90 Å². The Morgan fingerprint density at radius 2 is 1.86 bits per heavy atom. The fraction of sp³-hybridized carbons (Fsp3) is 0.188. The molecule has 2 aromatic carbocycles. The second-order valence-electron chi connectivity index (χ2n) is 4.88. The molecule has 0 aliphatic heterocycles. The maximum absolute atomic E-state index is 12.5. The van der Waals surface area contributed by atoms with Crippen molar-refractivity contribution in [3.63, 3.8) is 0 Å². The Morgan fingerprint density at radius 1 is 1.18 bits per heavy atom. The van der Waals surface area contributed by atoms with Gasteiger partial charge in [-0.2, -0.15) is 0 Å². The maximum atomic E-state index is 12.5. The van der Waals surface area contributed by atoms with Crippen LogP contribution in [0.5, 0.6) is 0 Å². The van der Waals surface area contributed by atoms with Gasteiger partial charge in [-0.25, -0.2) is 8.42 Å². The van der Waals surface area contributed by atoms with Crippen molar-refractivity contribution in [3.8, 4) is 0 Å². The van der Waals surface area contributed by atoms with Crippen LogP contribution >= 0.6 is 0 Å². The molecule has 6 heteroatoms. The van der Waals surface area contributed by atoms with E-state index in [4.69, 9.17) is 0 Å². The molecule has 0 atom stereocenters. The summed E-state index contributed by atoms with van der Waals surface area (Å²) in [5.41, 5.74) is 1.64. The molecule has 0 fully saturated rings. The second-order valence-corrected chi connectivity index (χ2v) is 6.53. The molecule has 0 amide bonds. The summed E-state index contributed by atoms with van der Waals surface area (Å²) in [5.74, 6) is -1.41. The Hall–Kier alpha value is -2.34. The van der Waals surface area contributed by atoms with Crippen molar-refractivity contribution >= 4 is 21.7 Å². The van der Waals surface area contributed by atoms with Gasteiger partial charge in [0.05, 0.1) is 16.6 Å². The van der Waals surface area contributed by atoms with Crippen LogP contribution in [0.25, 0.3) is 0 Å². The SMILES string of the molecule is CCc1ccccc1NS(=O)(=O)c1cc(C(=O)[O-])ccc1C. The largest absolute Gasteiger partial charge is 0.545 e. The van der Waals surface area contributed by atoms with Gasteiger partial charge in [0.2, 0.25) is 0 Å². The lowest BCUT2D eigenvalue weighted by molar-refractivity contribution is -0.255. The first-order valence-electron chi connectivity index (χ1n) is 6.78. The van der Waals surface area contributed by atoms with E-state index >= 15 is 0 Å². The van der Waals surface area contributed by atoms with E-state index in [9.17, 15) is 18.3 Å². The van der Waals surface area contributed by atoms with E-state index in [1.165, 1.54) is 12.1 Å².